The van der Waals surface area contributed by atoms with Crippen molar-refractivity contribution in [3.8, 4) is 11.5 Å². The lowest BCUT2D eigenvalue weighted by Crippen LogP contribution is -2.34. The standard InChI is InChI=1S/C13H13F6N7/c1-3-21-10-24-9(7-4-20-5-8(23-7)13(17,18)19)25-11(26-10)22-6(2)12(14,15)16/h4-6H,3H2,1-2H3,(H2,21,22,24,25,26)/t6-/m1/s1. The summed E-state index contributed by atoms with van der Waals surface area (Å²) >= 11 is 0. The molecule has 0 bridgehead atoms. The smallest absolute Gasteiger partial charge is 0.354 e. The van der Waals surface area contributed by atoms with E-state index < -0.39 is 30.0 Å². The Kier molecular flexibility index (Phi) is 5.47. The predicted octanol–water partition coefficient (Wildman–Crippen LogP) is 3.14. The quantitative estimate of drug-likeness (QED) is 0.770. The van der Waals surface area contributed by atoms with Crippen molar-refractivity contribution in [1.82, 2.24) is 24.9 Å². The Labute approximate surface area is 143 Å². The first-order chi connectivity index (χ1) is 12.0. The molecule has 2 aromatic heterocycles. The summed E-state index contributed by atoms with van der Waals surface area (Å²) in [7, 11) is 0. The normalized spacial score (nSPS) is 13.4. The van der Waals surface area contributed by atoms with E-state index in [-0.39, 0.29) is 17.5 Å². The minimum absolute atomic E-state index is 0.117. The lowest BCUT2D eigenvalue weighted by molar-refractivity contribution is -0.141. The van der Waals surface area contributed by atoms with E-state index in [1.807, 2.05) is 5.32 Å². The molecule has 0 aliphatic rings. The largest absolute Gasteiger partial charge is 0.434 e. The molecule has 7 nitrogen and oxygen atoms in total. The van der Waals surface area contributed by atoms with Crippen molar-refractivity contribution >= 4 is 11.9 Å². The fourth-order valence-corrected chi connectivity index (χ4v) is 1.68. The van der Waals surface area contributed by atoms with E-state index in [1.165, 1.54) is 0 Å². The van der Waals surface area contributed by atoms with Crippen LogP contribution in [0, 0.1) is 0 Å². The number of aromatic nitrogens is 5. The van der Waals surface area contributed by atoms with Crippen LogP contribution >= 0.6 is 0 Å². The third kappa shape index (κ3) is 4.89. The molecule has 2 heterocycles. The molecule has 2 N–H and O–H groups in total. The van der Waals surface area contributed by atoms with Crippen molar-refractivity contribution in [1.29, 1.82) is 0 Å². The Morgan fingerprint density at radius 2 is 1.62 bits per heavy atom. The second-order valence-electron chi connectivity index (χ2n) is 5.03. The van der Waals surface area contributed by atoms with Crippen LogP contribution in [0.25, 0.3) is 11.5 Å². The van der Waals surface area contributed by atoms with E-state index in [9.17, 15) is 26.3 Å². The topological polar surface area (TPSA) is 88.5 Å². The average molecular weight is 381 g/mol. The number of rotatable bonds is 5. The van der Waals surface area contributed by atoms with E-state index >= 15 is 0 Å². The molecule has 0 aromatic carbocycles. The number of alkyl halides is 6. The summed E-state index contributed by atoms with van der Waals surface area (Å²) in [4.78, 5) is 18.1. The lowest BCUT2D eigenvalue weighted by Gasteiger charge is -2.17. The molecule has 0 saturated carbocycles. The maximum absolute atomic E-state index is 12.8. The van der Waals surface area contributed by atoms with E-state index in [2.05, 4.69) is 30.2 Å². The Morgan fingerprint density at radius 3 is 2.19 bits per heavy atom. The van der Waals surface area contributed by atoms with Gasteiger partial charge in [0.2, 0.25) is 11.9 Å². The second-order valence-corrected chi connectivity index (χ2v) is 5.03. The highest BCUT2D eigenvalue weighted by Crippen LogP contribution is 2.28. The Bertz CT molecular complexity index is 761. The lowest BCUT2D eigenvalue weighted by atomic mass is 10.3. The van der Waals surface area contributed by atoms with Crippen molar-refractivity contribution in [2.45, 2.75) is 32.2 Å². The molecule has 2 rings (SSSR count). The molecule has 0 amide bonds. The van der Waals surface area contributed by atoms with Gasteiger partial charge in [-0.25, -0.2) is 4.98 Å². The van der Waals surface area contributed by atoms with Gasteiger partial charge in [-0.2, -0.15) is 41.3 Å². The van der Waals surface area contributed by atoms with Gasteiger partial charge in [0.05, 0.1) is 12.4 Å². The molecule has 0 radical (unpaired) electrons. The van der Waals surface area contributed by atoms with Gasteiger partial charge in [0.25, 0.3) is 0 Å². The summed E-state index contributed by atoms with van der Waals surface area (Å²) in [6.07, 6.45) is -7.83. The van der Waals surface area contributed by atoms with Crippen LogP contribution in [0.1, 0.15) is 19.5 Å². The average Bonchev–Trinajstić information content (AvgIpc) is 2.53. The van der Waals surface area contributed by atoms with Crippen LogP contribution in [0.5, 0.6) is 0 Å². The van der Waals surface area contributed by atoms with Gasteiger partial charge in [-0.15, -0.1) is 0 Å². The third-order valence-electron chi connectivity index (χ3n) is 2.96. The number of hydrogen-bond donors (Lipinski definition) is 2. The minimum atomic E-state index is -4.74. The molecule has 13 heteroatoms. The molecule has 0 aliphatic heterocycles. The van der Waals surface area contributed by atoms with Gasteiger partial charge in [-0.3, -0.25) is 4.98 Å². The van der Waals surface area contributed by atoms with E-state index in [0.29, 0.717) is 12.7 Å². The second kappa shape index (κ2) is 7.25. The van der Waals surface area contributed by atoms with Crippen molar-refractivity contribution in [2.24, 2.45) is 0 Å². The van der Waals surface area contributed by atoms with E-state index in [0.717, 1.165) is 13.1 Å². The first-order valence-electron chi connectivity index (χ1n) is 7.23. The summed E-state index contributed by atoms with van der Waals surface area (Å²) in [5.74, 6) is -0.935. The first kappa shape index (κ1) is 19.6. The Hall–Kier alpha value is -2.73. The molecular weight excluding hydrogens is 368 g/mol. The van der Waals surface area contributed by atoms with Crippen LogP contribution < -0.4 is 10.6 Å². The number of anilines is 2. The molecule has 142 valence electrons. The van der Waals surface area contributed by atoms with Crippen LogP contribution in [0.2, 0.25) is 0 Å². The van der Waals surface area contributed by atoms with Gasteiger partial charge in [-0.1, -0.05) is 0 Å². The van der Waals surface area contributed by atoms with Gasteiger partial charge in [0.15, 0.2) is 11.5 Å². The van der Waals surface area contributed by atoms with Crippen LogP contribution in [0.4, 0.5) is 38.2 Å². The van der Waals surface area contributed by atoms with Crippen LogP contribution in [0.3, 0.4) is 0 Å². The highest BCUT2D eigenvalue weighted by Gasteiger charge is 2.37. The Morgan fingerprint density at radius 1 is 0.962 bits per heavy atom. The van der Waals surface area contributed by atoms with Gasteiger partial charge in [-0.05, 0) is 13.8 Å². The van der Waals surface area contributed by atoms with Gasteiger partial charge in [0, 0.05) is 6.54 Å². The maximum Gasteiger partial charge on any atom is 0.434 e. The molecule has 0 spiro atoms. The molecule has 0 unspecified atom stereocenters. The Balaban J connectivity index is 2.45. The zero-order chi connectivity index (χ0) is 19.5. The summed E-state index contributed by atoms with van der Waals surface area (Å²) in [5.41, 5.74) is -1.64. The molecule has 0 saturated heterocycles. The fraction of sp³-hybridized carbons (Fsp3) is 0.462. The van der Waals surface area contributed by atoms with Crippen LogP contribution in [-0.2, 0) is 6.18 Å². The van der Waals surface area contributed by atoms with Crippen molar-refractivity contribution < 1.29 is 26.3 Å². The SMILES string of the molecule is CCNc1nc(N[C@H](C)C(F)(F)F)nc(-c2cncc(C(F)(F)F)n2)n1. The minimum Gasteiger partial charge on any atom is -0.354 e. The highest BCUT2D eigenvalue weighted by molar-refractivity contribution is 5.53. The van der Waals surface area contributed by atoms with Crippen molar-refractivity contribution in [2.75, 3.05) is 17.2 Å². The number of halogens is 6. The van der Waals surface area contributed by atoms with E-state index in [4.69, 9.17) is 0 Å². The summed E-state index contributed by atoms with van der Waals surface area (Å²) in [5, 5.41) is 4.70. The monoisotopic (exact) mass is 381 g/mol. The molecular formula is C13H13F6N7. The maximum atomic E-state index is 12.8. The summed E-state index contributed by atoms with van der Waals surface area (Å²) in [6.45, 7) is 2.85. The van der Waals surface area contributed by atoms with Crippen LogP contribution in [0.15, 0.2) is 12.4 Å². The van der Waals surface area contributed by atoms with E-state index in [1.54, 1.807) is 6.92 Å². The summed E-state index contributed by atoms with van der Waals surface area (Å²) in [6, 6.07) is -1.99. The van der Waals surface area contributed by atoms with Crippen molar-refractivity contribution in [3.05, 3.63) is 18.1 Å². The molecule has 2 aromatic rings. The van der Waals surface area contributed by atoms with Crippen molar-refractivity contribution in [3.63, 3.8) is 0 Å². The zero-order valence-corrected chi connectivity index (χ0v) is 13.4. The van der Waals surface area contributed by atoms with Gasteiger partial charge in [0.1, 0.15) is 11.7 Å². The number of nitrogens with one attached hydrogen (secondary N) is 2. The van der Waals surface area contributed by atoms with Crippen LogP contribution in [-0.4, -0.2) is 43.7 Å². The summed E-state index contributed by atoms with van der Waals surface area (Å²) < 4.78 is 76.4. The molecule has 0 fully saturated rings. The number of hydrogen-bond acceptors (Lipinski definition) is 7. The molecule has 1 atom stereocenters. The fourth-order valence-electron chi connectivity index (χ4n) is 1.68. The number of nitrogens with zero attached hydrogens (tertiary/aromatic N) is 5. The highest BCUT2D eigenvalue weighted by atomic mass is 19.4. The molecule has 0 aliphatic carbocycles. The first-order valence-corrected chi connectivity index (χ1v) is 7.23. The third-order valence-corrected chi connectivity index (χ3v) is 2.96. The molecule has 26 heavy (non-hydrogen) atoms. The zero-order valence-electron chi connectivity index (χ0n) is 13.4. The predicted molar refractivity (Wildman–Crippen MR) is 79.2 cm³/mol. The van der Waals surface area contributed by atoms with Gasteiger partial charge >= 0.3 is 12.4 Å². The van der Waals surface area contributed by atoms with Gasteiger partial charge < -0.3 is 10.6 Å².